The van der Waals surface area contributed by atoms with E-state index in [2.05, 4.69) is 19.9 Å². The molecule has 4 rings (SSSR count). The number of rotatable bonds is 3. The van der Waals surface area contributed by atoms with E-state index in [1.807, 2.05) is 0 Å². The van der Waals surface area contributed by atoms with Gasteiger partial charge in [0.2, 0.25) is 10.0 Å². The SMILES string of the molecule is C[C@@H]1CN(C(=O)c2cnccn2)CCN1S(=O)(=O)c1c[nH]c2ncccc12. The molecule has 10 heteroatoms. The third-order valence-electron chi connectivity index (χ3n) is 4.64. The normalized spacial score (nSPS) is 18.7. The van der Waals surface area contributed by atoms with Crippen LogP contribution in [0.4, 0.5) is 0 Å². The summed E-state index contributed by atoms with van der Waals surface area (Å²) in [5.74, 6) is -0.247. The minimum Gasteiger partial charge on any atom is -0.345 e. The molecule has 1 N–H and O–H groups in total. The molecule has 140 valence electrons. The van der Waals surface area contributed by atoms with Crippen LogP contribution >= 0.6 is 0 Å². The van der Waals surface area contributed by atoms with Gasteiger partial charge in [-0.05, 0) is 19.1 Å². The second-order valence-corrected chi connectivity index (χ2v) is 8.22. The molecule has 0 bridgehead atoms. The van der Waals surface area contributed by atoms with Crippen molar-refractivity contribution in [3.8, 4) is 0 Å². The predicted octanol–water partition coefficient (Wildman–Crippen LogP) is 0.888. The molecule has 0 aliphatic carbocycles. The van der Waals surface area contributed by atoms with Gasteiger partial charge in [-0.25, -0.2) is 18.4 Å². The quantitative estimate of drug-likeness (QED) is 0.715. The molecule has 0 aromatic carbocycles. The summed E-state index contributed by atoms with van der Waals surface area (Å²) in [6.07, 6.45) is 7.45. The first-order valence-corrected chi connectivity index (χ1v) is 9.92. The highest BCUT2D eigenvalue weighted by molar-refractivity contribution is 7.89. The van der Waals surface area contributed by atoms with E-state index in [1.165, 1.54) is 29.1 Å². The van der Waals surface area contributed by atoms with Crippen molar-refractivity contribution in [3.63, 3.8) is 0 Å². The number of fused-ring (bicyclic) bond motifs is 1. The molecule has 1 fully saturated rings. The largest absolute Gasteiger partial charge is 0.345 e. The van der Waals surface area contributed by atoms with Crippen molar-refractivity contribution in [2.45, 2.75) is 17.9 Å². The van der Waals surface area contributed by atoms with Crippen LogP contribution in [-0.2, 0) is 10.0 Å². The molecule has 1 aliphatic heterocycles. The van der Waals surface area contributed by atoms with E-state index in [0.717, 1.165) is 0 Å². The molecular weight excluding hydrogens is 368 g/mol. The van der Waals surface area contributed by atoms with Gasteiger partial charge >= 0.3 is 0 Å². The minimum atomic E-state index is -3.71. The highest BCUT2D eigenvalue weighted by atomic mass is 32.2. The zero-order valence-electron chi connectivity index (χ0n) is 14.6. The Morgan fingerprint density at radius 1 is 1.22 bits per heavy atom. The molecule has 0 radical (unpaired) electrons. The fraction of sp³-hybridized carbons (Fsp3) is 0.294. The maximum Gasteiger partial charge on any atom is 0.274 e. The molecule has 1 saturated heterocycles. The van der Waals surface area contributed by atoms with Crippen molar-refractivity contribution in [1.29, 1.82) is 0 Å². The first-order chi connectivity index (χ1) is 13.0. The molecule has 0 spiro atoms. The summed E-state index contributed by atoms with van der Waals surface area (Å²) < 4.78 is 27.8. The number of carbonyl (C=O) groups is 1. The van der Waals surface area contributed by atoms with Crippen LogP contribution in [0, 0.1) is 0 Å². The van der Waals surface area contributed by atoms with Crippen molar-refractivity contribution in [1.82, 2.24) is 29.1 Å². The summed E-state index contributed by atoms with van der Waals surface area (Å²) in [7, 11) is -3.71. The van der Waals surface area contributed by atoms with Gasteiger partial charge in [0.15, 0.2) is 0 Å². The average molecular weight is 386 g/mol. The number of pyridine rings is 1. The zero-order valence-corrected chi connectivity index (χ0v) is 15.4. The van der Waals surface area contributed by atoms with Gasteiger partial charge in [0.1, 0.15) is 16.2 Å². The van der Waals surface area contributed by atoms with Crippen LogP contribution in [0.1, 0.15) is 17.4 Å². The molecule has 27 heavy (non-hydrogen) atoms. The number of piperazine rings is 1. The molecule has 3 aromatic heterocycles. The fourth-order valence-corrected chi connectivity index (χ4v) is 5.09. The van der Waals surface area contributed by atoms with E-state index >= 15 is 0 Å². The molecule has 0 unspecified atom stereocenters. The number of sulfonamides is 1. The molecule has 0 saturated carbocycles. The van der Waals surface area contributed by atoms with Crippen LogP contribution in [0.15, 0.2) is 48.0 Å². The first-order valence-electron chi connectivity index (χ1n) is 8.47. The van der Waals surface area contributed by atoms with Gasteiger partial charge in [-0.2, -0.15) is 4.31 Å². The maximum atomic E-state index is 13.2. The maximum absolute atomic E-state index is 13.2. The Morgan fingerprint density at radius 3 is 2.81 bits per heavy atom. The standard InChI is InChI=1S/C17H18N6O3S/c1-12-11-22(17(24)14-9-18-5-6-19-14)7-8-23(12)27(25,26)15-10-21-16-13(15)3-2-4-20-16/h2-6,9-10,12H,7-8,11H2,1H3,(H,20,21)/t12-/m1/s1. The van der Waals surface area contributed by atoms with E-state index in [-0.39, 0.29) is 35.6 Å². The zero-order chi connectivity index (χ0) is 19.0. The third kappa shape index (κ3) is 3.06. The Hall–Kier alpha value is -2.85. The lowest BCUT2D eigenvalue weighted by Crippen LogP contribution is -2.55. The Labute approximate surface area is 156 Å². The topological polar surface area (TPSA) is 112 Å². The summed E-state index contributed by atoms with van der Waals surface area (Å²) in [6.45, 7) is 2.58. The van der Waals surface area contributed by atoms with Crippen molar-refractivity contribution in [2.24, 2.45) is 0 Å². The fourth-order valence-electron chi connectivity index (χ4n) is 3.32. The average Bonchev–Trinajstić information content (AvgIpc) is 3.13. The van der Waals surface area contributed by atoms with Crippen LogP contribution < -0.4 is 0 Å². The van der Waals surface area contributed by atoms with Crippen LogP contribution in [0.25, 0.3) is 11.0 Å². The summed E-state index contributed by atoms with van der Waals surface area (Å²) in [5, 5.41) is 0.558. The van der Waals surface area contributed by atoms with E-state index < -0.39 is 10.0 Å². The number of aromatic nitrogens is 4. The lowest BCUT2D eigenvalue weighted by atomic mass is 10.2. The number of nitrogens with one attached hydrogen (secondary N) is 1. The first kappa shape index (κ1) is 17.6. The third-order valence-corrected chi connectivity index (χ3v) is 6.69. The number of carbonyl (C=O) groups excluding carboxylic acids is 1. The Morgan fingerprint density at radius 2 is 2.07 bits per heavy atom. The van der Waals surface area contributed by atoms with Crippen molar-refractivity contribution >= 4 is 27.0 Å². The highest BCUT2D eigenvalue weighted by Crippen LogP contribution is 2.27. The summed E-state index contributed by atoms with van der Waals surface area (Å²) in [6, 6.07) is 3.06. The van der Waals surface area contributed by atoms with E-state index in [4.69, 9.17) is 0 Å². The van der Waals surface area contributed by atoms with Gasteiger partial charge < -0.3 is 9.88 Å². The second kappa shape index (κ2) is 6.71. The number of hydrogen-bond acceptors (Lipinski definition) is 6. The monoisotopic (exact) mass is 386 g/mol. The van der Waals surface area contributed by atoms with Gasteiger partial charge in [0.05, 0.1) is 6.20 Å². The second-order valence-electron chi connectivity index (χ2n) is 6.36. The molecule has 3 aromatic rings. The van der Waals surface area contributed by atoms with Crippen LogP contribution in [0.2, 0.25) is 0 Å². The lowest BCUT2D eigenvalue weighted by Gasteiger charge is -2.38. The van der Waals surface area contributed by atoms with Crippen molar-refractivity contribution in [2.75, 3.05) is 19.6 Å². The molecule has 1 amide bonds. The lowest BCUT2D eigenvalue weighted by molar-refractivity contribution is 0.0636. The Balaban J connectivity index is 1.57. The van der Waals surface area contributed by atoms with Gasteiger partial charge in [0.25, 0.3) is 5.91 Å². The number of nitrogens with zero attached hydrogens (tertiary/aromatic N) is 5. The van der Waals surface area contributed by atoms with E-state index in [0.29, 0.717) is 17.6 Å². The van der Waals surface area contributed by atoms with Crippen LogP contribution in [0.5, 0.6) is 0 Å². The molecule has 1 atom stereocenters. The predicted molar refractivity (Wildman–Crippen MR) is 97.4 cm³/mol. The van der Waals surface area contributed by atoms with Crippen molar-refractivity contribution in [3.05, 3.63) is 48.8 Å². The van der Waals surface area contributed by atoms with Crippen molar-refractivity contribution < 1.29 is 13.2 Å². The Kier molecular flexibility index (Phi) is 4.36. The van der Waals surface area contributed by atoms with E-state index in [9.17, 15) is 13.2 Å². The number of hydrogen-bond donors (Lipinski definition) is 1. The summed E-state index contributed by atoms with van der Waals surface area (Å²) >= 11 is 0. The van der Waals surface area contributed by atoms with Gasteiger partial charge in [0, 0.05) is 55.8 Å². The smallest absolute Gasteiger partial charge is 0.274 e. The molecule has 1 aliphatic rings. The van der Waals surface area contributed by atoms with Crippen LogP contribution in [0.3, 0.4) is 0 Å². The van der Waals surface area contributed by atoms with Gasteiger partial charge in [-0.15, -0.1) is 0 Å². The highest BCUT2D eigenvalue weighted by Gasteiger charge is 2.36. The number of aromatic amines is 1. The molecule has 9 nitrogen and oxygen atoms in total. The summed E-state index contributed by atoms with van der Waals surface area (Å²) in [5.41, 5.74) is 0.781. The molecule has 4 heterocycles. The van der Waals surface area contributed by atoms with E-state index in [1.54, 1.807) is 30.2 Å². The Bertz CT molecular complexity index is 1080. The molecular formula is C17H18N6O3S. The minimum absolute atomic E-state index is 0.200. The summed E-state index contributed by atoms with van der Waals surface area (Å²) in [4.78, 5) is 29.3. The van der Waals surface area contributed by atoms with Gasteiger partial charge in [-0.3, -0.25) is 9.78 Å². The van der Waals surface area contributed by atoms with Gasteiger partial charge in [-0.1, -0.05) is 0 Å². The number of H-pyrrole nitrogens is 1. The number of amides is 1. The van der Waals surface area contributed by atoms with Crippen LogP contribution in [-0.4, -0.2) is 69.1 Å².